The van der Waals surface area contributed by atoms with Crippen molar-refractivity contribution in [1.29, 1.82) is 0 Å². The van der Waals surface area contributed by atoms with Gasteiger partial charge < -0.3 is 15.8 Å². The Bertz CT molecular complexity index is 343. The largest absolute Gasteiger partial charge is 0.475 e. The highest BCUT2D eigenvalue weighted by molar-refractivity contribution is 5.83. The summed E-state index contributed by atoms with van der Waals surface area (Å²) in [6.45, 7) is 0. The Morgan fingerprint density at radius 1 is 1.73 bits per heavy atom. The Balaban J connectivity index is 3.30. The highest BCUT2D eigenvalue weighted by Crippen LogP contribution is 1.90. The smallest absolute Gasteiger partial charge is 0.372 e. The van der Waals surface area contributed by atoms with E-state index < -0.39 is 17.4 Å². The van der Waals surface area contributed by atoms with Crippen LogP contribution in [-0.4, -0.2) is 21.0 Å². The SMILES string of the molecule is Nc1cc(=O)nc(C(=O)O)[nH]1. The minimum Gasteiger partial charge on any atom is -0.475 e. The van der Waals surface area contributed by atoms with Gasteiger partial charge in [-0.1, -0.05) is 0 Å². The molecule has 0 saturated heterocycles. The van der Waals surface area contributed by atoms with Gasteiger partial charge in [-0.3, -0.25) is 4.79 Å². The fourth-order valence-electron chi connectivity index (χ4n) is 0.578. The third-order valence-corrected chi connectivity index (χ3v) is 0.966. The van der Waals surface area contributed by atoms with E-state index >= 15 is 0 Å². The van der Waals surface area contributed by atoms with Crippen molar-refractivity contribution in [3.05, 3.63) is 22.2 Å². The van der Waals surface area contributed by atoms with Crippen LogP contribution in [0.25, 0.3) is 0 Å². The van der Waals surface area contributed by atoms with Crippen molar-refractivity contribution >= 4 is 11.8 Å². The monoisotopic (exact) mass is 155 g/mol. The Morgan fingerprint density at radius 3 is 2.82 bits per heavy atom. The summed E-state index contributed by atoms with van der Waals surface area (Å²) in [5.41, 5.74) is 4.47. The maximum Gasteiger partial charge on any atom is 0.372 e. The average Bonchev–Trinajstić information content (AvgIpc) is 1.85. The first-order valence-electron chi connectivity index (χ1n) is 2.70. The molecule has 0 bridgehead atoms. The number of hydrogen-bond donors (Lipinski definition) is 3. The number of nitrogens with two attached hydrogens (primary N) is 1. The molecule has 11 heavy (non-hydrogen) atoms. The molecule has 0 unspecified atom stereocenters. The maximum atomic E-state index is 10.5. The number of aromatic carboxylic acids is 1. The predicted octanol–water partition coefficient (Wildman–Crippen LogP) is -0.950. The van der Waals surface area contributed by atoms with Gasteiger partial charge in [0.2, 0.25) is 5.82 Å². The summed E-state index contributed by atoms with van der Waals surface area (Å²) in [4.78, 5) is 26.1. The molecule has 0 saturated carbocycles. The Hall–Kier alpha value is -1.85. The lowest BCUT2D eigenvalue weighted by Crippen LogP contribution is -2.15. The van der Waals surface area contributed by atoms with E-state index in [4.69, 9.17) is 10.8 Å². The van der Waals surface area contributed by atoms with Crippen molar-refractivity contribution in [3.8, 4) is 0 Å². The molecule has 0 spiro atoms. The van der Waals surface area contributed by atoms with Crippen LogP contribution in [-0.2, 0) is 0 Å². The summed E-state index contributed by atoms with van der Waals surface area (Å²) in [5.74, 6) is -1.77. The molecule has 0 aliphatic heterocycles. The molecule has 0 aliphatic rings. The molecule has 6 heteroatoms. The van der Waals surface area contributed by atoms with E-state index in [2.05, 4.69) is 9.97 Å². The molecule has 0 fully saturated rings. The van der Waals surface area contributed by atoms with Crippen molar-refractivity contribution < 1.29 is 9.90 Å². The number of H-pyrrole nitrogens is 1. The second kappa shape index (κ2) is 2.41. The first-order chi connectivity index (χ1) is 5.09. The van der Waals surface area contributed by atoms with Crippen LogP contribution in [0.15, 0.2) is 10.9 Å². The van der Waals surface area contributed by atoms with Gasteiger partial charge in [-0.25, -0.2) is 4.79 Å². The fraction of sp³-hybridized carbons (Fsp3) is 0. The molecular weight excluding hydrogens is 150 g/mol. The third kappa shape index (κ3) is 1.54. The lowest BCUT2D eigenvalue weighted by atomic mass is 10.5. The molecular formula is C5H5N3O3. The number of hydrogen-bond acceptors (Lipinski definition) is 4. The van der Waals surface area contributed by atoms with Crippen LogP contribution in [0.5, 0.6) is 0 Å². The number of aromatic amines is 1. The molecule has 6 nitrogen and oxygen atoms in total. The van der Waals surface area contributed by atoms with Gasteiger partial charge in [0.25, 0.3) is 5.56 Å². The number of aromatic nitrogens is 2. The number of nitrogen functional groups attached to an aromatic ring is 1. The number of nitrogens with zero attached hydrogens (tertiary/aromatic N) is 1. The maximum absolute atomic E-state index is 10.5. The van der Waals surface area contributed by atoms with E-state index in [0.29, 0.717) is 0 Å². The third-order valence-electron chi connectivity index (χ3n) is 0.966. The minimum absolute atomic E-state index is 0.0117. The number of nitrogens with one attached hydrogen (secondary N) is 1. The number of carbonyl (C=O) groups is 1. The number of anilines is 1. The average molecular weight is 155 g/mol. The van der Waals surface area contributed by atoms with Gasteiger partial charge in [0, 0.05) is 6.07 Å². The molecule has 1 aromatic rings. The molecule has 1 aromatic heterocycles. The Labute approximate surface area is 60.7 Å². The van der Waals surface area contributed by atoms with Crippen LogP contribution in [0.4, 0.5) is 5.82 Å². The van der Waals surface area contributed by atoms with Crippen molar-refractivity contribution in [1.82, 2.24) is 9.97 Å². The van der Waals surface area contributed by atoms with Gasteiger partial charge in [-0.15, -0.1) is 0 Å². The van der Waals surface area contributed by atoms with Crippen molar-refractivity contribution in [2.24, 2.45) is 0 Å². The first-order valence-corrected chi connectivity index (χ1v) is 2.70. The predicted molar refractivity (Wildman–Crippen MR) is 36.2 cm³/mol. The van der Waals surface area contributed by atoms with E-state index in [1.54, 1.807) is 0 Å². The summed E-state index contributed by atoms with van der Waals surface area (Å²) in [6.07, 6.45) is 0. The molecule has 0 atom stereocenters. The molecule has 0 amide bonds. The zero-order valence-corrected chi connectivity index (χ0v) is 5.37. The van der Waals surface area contributed by atoms with E-state index in [9.17, 15) is 9.59 Å². The quantitative estimate of drug-likeness (QED) is 0.484. The van der Waals surface area contributed by atoms with Crippen LogP contribution in [0.2, 0.25) is 0 Å². The van der Waals surface area contributed by atoms with Crippen LogP contribution >= 0.6 is 0 Å². The van der Waals surface area contributed by atoms with Gasteiger partial charge in [-0.05, 0) is 0 Å². The van der Waals surface area contributed by atoms with E-state index in [1.807, 2.05) is 0 Å². The van der Waals surface area contributed by atoms with Crippen LogP contribution < -0.4 is 11.3 Å². The minimum atomic E-state index is -1.31. The Morgan fingerprint density at radius 2 is 2.36 bits per heavy atom. The zero-order chi connectivity index (χ0) is 8.43. The van der Waals surface area contributed by atoms with E-state index in [-0.39, 0.29) is 5.82 Å². The van der Waals surface area contributed by atoms with Gasteiger partial charge in [0.05, 0.1) is 0 Å². The van der Waals surface area contributed by atoms with Crippen molar-refractivity contribution in [2.45, 2.75) is 0 Å². The summed E-state index contributed by atoms with van der Waals surface area (Å²) in [5, 5.41) is 8.35. The highest BCUT2D eigenvalue weighted by atomic mass is 16.4. The standard InChI is InChI=1S/C5H5N3O3/c6-2-1-3(9)8-4(7-2)5(10)11/h1H,(H,10,11)(H3,6,7,8,9). The number of carboxylic acids is 1. The summed E-state index contributed by atoms with van der Waals surface area (Å²) in [7, 11) is 0. The normalized spacial score (nSPS) is 9.45. The number of carboxylic acid groups (broad SMARTS) is 1. The van der Waals surface area contributed by atoms with Gasteiger partial charge in [0.1, 0.15) is 5.82 Å². The van der Waals surface area contributed by atoms with Crippen molar-refractivity contribution in [2.75, 3.05) is 5.73 Å². The molecule has 1 rings (SSSR count). The van der Waals surface area contributed by atoms with Crippen LogP contribution in [0.3, 0.4) is 0 Å². The first kappa shape index (κ1) is 7.26. The van der Waals surface area contributed by atoms with Gasteiger partial charge >= 0.3 is 5.97 Å². The van der Waals surface area contributed by atoms with Gasteiger partial charge in [0.15, 0.2) is 0 Å². The van der Waals surface area contributed by atoms with E-state index in [1.165, 1.54) is 0 Å². The van der Waals surface area contributed by atoms with E-state index in [0.717, 1.165) is 6.07 Å². The molecule has 0 radical (unpaired) electrons. The second-order valence-electron chi connectivity index (χ2n) is 1.83. The van der Waals surface area contributed by atoms with Crippen LogP contribution in [0, 0.1) is 0 Å². The number of rotatable bonds is 1. The second-order valence-corrected chi connectivity index (χ2v) is 1.83. The fourth-order valence-corrected chi connectivity index (χ4v) is 0.578. The van der Waals surface area contributed by atoms with Crippen LogP contribution in [0.1, 0.15) is 10.6 Å². The topological polar surface area (TPSA) is 109 Å². The molecule has 58 valence electrons. The highest BCUT2D eigenvalue weighted by Gasteiger charge is 2.05. The molecule has 0 aromatic carbocycles. The summed E-state index contributed by atoms with van der Waals surface area (Å²) >= 11 is 0. The molecule has 1 heterocycles. The summed E-state index contributed by atoms with van der Waals surface area (Å²) in [6, 6.07) is 1.01. The zero-order valence-electron chi connectivity index (χ0n) is 5.37. The molecule has 0 aliphatic carbocycles. The Kier molecular flexibility index (Phi) is 1.59. The van der Waals surface area contributed by atoms with Gasteiger partial charge in [-0.2, -0.15) is 4.98 Å². The van der Waals surface area contributed by atoms with Crippen molar-refractivity contribution in [3.63, 3.8) is 0 Å². The lowest BCUT2D eigenvalue weighted by Gasteiger charge is -1.93. The molecule has 4 N–H and O–H groups in total. The summed E-state index contributed by atoms with van der Waals surface area (Å²) < 4.78 is 0. The lowest BCUT2D eigenvalue weighted by molar-refractivity contribution is 0.0683.